The zero-order valence-electron chi connectivity index (χ0n) is 19.1. The van der Waals surface area contributed by atoms with E-state index >= 15 is 0 Å². The van der Waals surface area contributed by atoms with Gasteiger partial charge in [-0.3, -0.25) is 9.59 Å². The van der Waals surface area contributed by atoms with Crippen LogP contribution < -0.4 is 10.9 Å². The summed E-state index contributed by atoms with van der Waals surface area (Å²) in [6, 6.07) is 9.43. The number of carbonyl (C=O) groups is 2. The highest BCUT2D eigenvalue weighted by Gasteiger charge is 2.36. The van der Waals surface area contributed by atoms with Crippen molar-refractivity contribution in [3.63, 3.8) is 0 Å². The summed E-state index contributed by atoms with van der Waals surface area (Å²) in [6.07, 6.45) is -4.92. The molecule has 3 rings (SSSR count). The van der Waals surface area contributed by atoms with Gasteiger partial charge in [-0.05, 0) is 43.2 Å². The van der Waals surface area contributed by atoms with Gasteiger partial charge >= 0.3 is 12.1 Å². The number of carboxylic acids is 1. The van der Waals surface area contributed by atoms with Crippen LogP contribution in [0.15, 0.2) is 53.3 Å². The fourth-order valence-corrected chi connectivity index (χ4v) is 4.42. The topological polar surface area (TPSA) is 88.4 Å². The van der Waals surface area contributed by atoms with Crippen molar-refractivity contribution in [3.05, 3.63) is 91.3 Å². The molecule has 0 unspecified atom stereocenters. The molecule has 0 aliphatic carbocycles. The molecule has 3 aromatic rings. The molecule has 6 nitrogen and oxygen atoms in total. The number of hydrogen-bond acceptors (Lipinski definition) is 3. The normalized spacial score (nSPS) is 12.3. The van der Waals surface area contributed by atoms with Gasteiger partial charge in [-0.2, -0.15) is 13.2 Å². The van der Waals surface area contributed by atoms with Gasteiger partial charge < -0.3 is 15.0 Å². The number of nitrogens with one attached hydrogen (secondary N) is 1. The van der Waals surface area contributed by atoms with Crippen molar-refractivity contribution in [1.82, 2.24) is 9.88 Å². The van der Waals surface area contributed by atoms with Crippen LogP contribution in [-0.2, 0) is 23.9 Å². The highest BCUT2D eigenvalue weighted by atomic mass is 35.5. The van der Waals surface area contributed by atoms with Crippen LogP contribution in [0, 0.1) is 6.92 Å². The molecule has 0 aliphatic rings. The van der Waals surface area contributed by atoms with Gasteiger partial charge in [-0.25, -0.2) is 4.79 Å². The van der Waals surface area contributed by atoms with Crippen LogP contribution in [0.4, 0.5) is 13.2 Å². The Kier molecular flexibility index (Phi) is 8.15. The highest BCUT2D eigenvalue weighted by Crippen LogP contribution is 2.36. The Balaban J connectivity index is 1.92. The van der Waals surface area contributed by atoms with Crippen LogP contribution in [0.3, 0.4) is 0 Å². The zero-order valence-corrected chi connectivity index (χ0v) is 20.6. The van der Waals surface area contributed by atoms with Gasteiger partial charge in [-0.1, -0.05) is 53.5 Å². The number of benzene rings is 2. The molecule has 190 valence electrons. The van der Waals surface area contributed by atoms with Crippen LogP contribution in [0.5, 0.6) is 0 Å². The van der Waals surface area contributed by atoms with E-state index in [1.54, 1.807) is 6.92 Å². The SMILES string of the molecule is CCn1c(C)cc(C(F)(F)F)c(-c2ccc(C[C@H](NC(=O)c3c(Cl)cccc3Cl)C(=O)O)cc2)c1=O. The van der Waals surface area contributed by atoms with Gasteiger partial charge in [0.15, 0.2) is 0 Å². The van der Waals surface area contributed by atoms with Crippen molar-refractivity contribution in [2.75, 3.05) is 0 Å². The summed E-state index contributed by atoms with van der Waals surface area (Å²) in [7, 11) is 0. The number of carbonyl (C=O) groups excluding carboxylic acids is 1. The Morgan fingerprint density at radius 1 is 1.08 bits per heavy atom. The number of aromatic nitrogens is 1. The van der Waals surface area contributed by atoms with Crippen LogP contribution in [0.1, 0.15) is 34.1 Å². The molecule has 0 saturated carbocycles. The first kappa shape index (κ1) is 27.3. The minimum absolute atomic E-state index is 0.0389. The standard InChI is InChI=1S/C25H21Cl2F3N2O4/c1-3-32-13(2)11-16(25(28,29)30)20(23(32)34)15-9-7-14(8-10-15)12-19(24(35)36)31-22(33)21-17(26)5-4-6-18(21)27/h4-11,19H,3,12H2,1-2H3,(H,31,33)(H,35,36)/t19-/m0/s1. The van der Waals surface area contributed by atoms with Crippen molar-refractivity contribution >= 4 is 35.1 Å². The van der Waals surface area contributed by atoms with Crippen molar-refractivity contribution in [2.45, 2.75) is 39.0 Å². The van der Waals surface area contributed by atoms with Gasteiger partial charge in [0.2, 0.25) is 0 Å². The molecule has 0 bridgehead atoms. The lowest BCUT2D eigenvalue weighted by molar-refractivity contribution is -0.139. The predicted octanol–water partition coefficient (Wildman–Crippen LogP) is 5.59. The fourth-order valence-electron chi connectivity index (χ4n) is 3.85. The van der Waals surface area contributed by atoms with E-state index in [0.29, 0.717) is 5.56 Å². The number of rotatable bonds is 7. The first-order valence-electron chi connectivity index (χ1n) is 10.7. The second kappa shape index (κ2) is 10.8. The number of carboxylic acid groups (broad SMARTS) is 1. The molecule has 0 saturated heterocycles. The first-order valence-corrected chi connectivity index (χ1v) is 11.5. The van der Waals surface area contributed by atoms with E-state index in [0.717, 1.165) is 6.07 Å². The fraction of sp³-hybridized carbons (Fsp3) is 0.240. The maximum atomic E-state index is 13.7. The molecule has 2 aromatic carbocycles. The second-order valence-electron chi connectivity index (χ2n) is 7.98. The average molecular weight is 541 g/mol. The largest absolute Gasteiger partial charge is 0.480 e. The number of halogens is 5. The Labute approximate surface area is 214 Å². The summed E-state index contributed by atoms with van der Waals surface area (Å²) < 4.78 is 42.4. The summed E-state index contributed by atoms with van der Waals surface area (Å²) in [4.78, 5) is 37.2. The Morgan fingerprint density at radius 2 is 1.67 bits per heavy atom. The number of nitrogens with zero attached hydrogens (tertiary/aromatic N) is 1. The van der Waals surface area contributed by atoms with Gasteiger partial charge in [0.25, 0.3) is 11.5 Å². The average Bonchev–Trinajstić information content (AvgIpc) is 2.78. The third-order valence-corrected chi connectivity index (χ3v) is 6.23. The highest BCUT2D eigenvalue weighted by molar-refractivity contribution is 6.39. The molecule has 1 aromatic heterocycles. The third-order valence-electron chi connectivity index (χ3n) is 5.60. The molecule has 0 fully saturated rings. The zero-order chi connectivity index (χ0) is 26.8. The van der Waals surface area contributed by atoms with Crippen molar-refractivity contribution < 1.29 is 27.9 Å². The van der Waals surface area contributed by atoms with Gasteiger partial charge in [0.05, 0.1) is 26.7 Å². The van der Waals surface area contributed by atoms with E-state index in [1.165, 1.54) is 54.0 Å². The summed E-state index contributed by atoms with van der Waals surface area (Å²) in [6.45, 7) is 3.29. The molecule has 0 aliphatic heterocycles. The van der Waals surface area contributed by atoms with Crippen molar-refractivity contribution in [3.8, 4) is 11.1 Å². The molecule has 11 heteroatoms. The smallest absolute Gasteiger partial charge is 0.417 e. The third kappa shape index (κ3) is 5.74. The molecule has 1 heterocycles. The summed E-state index contributed by atoms with van der Waals surface area (Å²) in [5, 5.41) is 12.0. The number of aliphatic carboxylic acids is 1. The molecule has 1 amide bonds. The number of aryl methyl sites for hydroxylation is 1. The van der Waals surface area contributed by atoms with E-state index in [-0.39, 0.29) is 39.8 Å². The number of amides is 1. The minimum Gasteiger partial charge on any atom is -0.480 e. The lowest BCUT2D eigenvalue weighted by Crippen LogP contribution is -2.42. The maximum absolute atomic E-state index is 13.7. The predicted molar refractivity (Wildman–Crippen MR) is 131 cm³/mol. The molecule has 36 heavy (non-hydrogen) atoms. The molecule has 1 atom stereocenters. The maximum Gasteiger partial charge on any atom is 0.417 e. The van der Waals surface area contributed by atoms with E-state index in [9.17, 15) is 32.7 Å². The van der Waals surface area contributed by atoms with E-state index < -0.39 is 40.8 Å². The Hall–Kier alpha value is -3.30. The molecular formula is C25H21Cl2F3N2O4. The van der Waals surface area contributed by atoms with Crippen LogP contribution in [0.2, 0.25) is 10.0 Å². The lowest BCUT2D eigenvalue weighted by atomic mass is 9.97. The minimum atomic E-state index is -4.75. The van der Waals surface area contributed by atoms with E-state index in [1.807, 2.05) is 0 Å². The van der Waals surface area contributed by atoms with Gasteiger partial charge in [-0.15, -0.1) is 0 Å². The number of hydrogen-bond donors (Lipinski definition) is 2. The number of pyridine rings is 1. The monoisotopic (exact) mass is 540 g/mol. The van der Waals surface area contributed by atoms with Crippen molar-refractivity contribution in [1.29, 1.82) is 0 Å². The Morgan fingerprint density at radius 3 is 2.17 bits per heavy atom. The summed E-state index contributed by atoms with van der Waals surface area (Å²) >= 11 is 12.0. The quantitative estimate of drug-likeness (QED) is 0.408. The first-order chi connectivity index (χ1) is 16.8. The van der Waals surface area contributed by atoms with Crippen LogP contribution in [-0.4, -0.2) is 27.6 Å². The van der Waals surface area contributed by atoms with Crippen LogP contribution >= 0.6 is 23.2 Å². The van der Waals surface area contributed by atoms with Crippen LogP contribution in [0.25, 0.3) is 11.1 Å². The lowest BCUT2D eigenvalue weighted by Gasteiger charge is -2.18. The molecule has 0 radical (unpaired) electrons. The van der Waals surface area contributed by atoms with Gasteiger partial charge in [0, 0.05) is 18.7 Å². The molecular weight excluding hydrogens is 520 g/mol. The molecule has 0 spiro atoms. The van der Waals surface area contributed by atoms with E-state index in [4.69, 9.17) is 23.2 Å². The summed E-state index contributed by atoms with van der Waals surface area (Å²) in [5.74, 6) is -2.12. The van der Waals surface area contributed by atoms with E-state index in [2.05, 4.69) is 5.32 Å². The van der Waals surface area contributed by atoms with Gasteiger partial charge in [0.1, 0.15) is 6.04 Å². The number of alkyl halides is 3. The molecule has 2 N–H and O–H groups in total. The van der Waals surface area contributed by atoms with Crippen molar-refractivity contribution in [2.24, 2.45) is 0 Å². The summed E-state index contributed by atoms with van der Waals surface area (Å²) in [5.41, 5.74) is -1.75. The second-order valence-corrected chi connectivity index (χ2v) is 8.80. The Bertz CT molecular complexity index is 1350.